The van der Waals surface area contributed by atoms with E-state index in [2.05, 4.69) is 5.79 Å². The summed E-state index contributed by atoms with van der Waals surface area (Å²) in [7, 11) is 0. The maximum absolute atomic E-state index is 5.42. The fourth-order valence-electron chi connectivity index (χ4n) is 0.902. The summed E-state index contributed by atoms with van der Waals surface area (Å²) in [5, 5.41) is 1.40. The number of rotatable bonds is 0. The summed E-state index contributed by atoms with van der Waals surface area (Å²) in [6.07, 6.45) is 2.73. The van der Waals surface area contributed by atoms with Crippen molar-refractivity contribution in [1.82, 2.24) is 0 Å². The Hall–Kier alpha value is 1.07. The monoisotopic (exact) mass is 186 g/mol. The molecule has 1 heterocycles. The van der Waals surface area contributed by atoms with Gasteiger partial charge in [-0.3, -0.25) is 0 Å². The molecule has 0 aromatic heterocycles. The van der Waals surface area contributed by atoms with Crippen molar-refractivity contribution in [3.05, 3.63) is 0 Å². The molecule has 0 N–H and O–H groups in total. The van der Waals surface area contributed by atoms with E-state index in [1.54, 1.807) is 0 Å². The normalized spacial score (nSPS) is 17.7. The van der Waals surface area contributed by atoms with Gasteiger partial charge in [-0.2, -0.15) is 0 Å². The SMILES string of the molecule is Cl.Cl.[CH3][Al]1[CH2]CCC[O]1. The fourth-order valence-corrected chi connectivity index (χ4v) is 2.50. The number of hydrogen-bond acceptors (Lipinski definition) is 1. The minimum Gasteiger partial charge on any atom is -0.501 e. The summed E-state index contributed by atoms with van der Waals surface area (Å²) in [5.74, 6) is 2.28. The second kappa shape index (κ2) is 7.18. The second-order valence-corrected chi connectivity index (χ2v) is 4.71. The third kappa shape index (κ3) is 5.51. The lowest BCUT2D eigenvalue weighted by Crippen LogP contribution is -2.18. The van der Waals surface area contributed by atoms with Crippen LogP contribution in [0.15, 0.2) is 0 Å². The molecule has 4 heteroatoms. The molecule has 1 rings (SSSR count). The first-order valence-electron chi connectivity index (χ1n) is 3.01. The minimum atomic E-state index is -0.595. The van der Waals surface area contributed by atoms with Crippen LogP contribution in [-0.2, 0) is 3.79 Å². The van der Waals surface area contributed by atoms with Gasteiger partial charge in [0.05, 0.1) is 0 Å². The highest BCUT2D eigenvalue weighted by atomic mass is 35.5. The summed E-state index contributed by atoms with van der Waals surface area (Å²) in [6.45, 7) is 1.05. The van der Waals surface area contributed by atoms with E-state index in [0.29, 0.717) is 0 Å². The van der Waals surface area contributed by atoms with E-state index in [-0.39, 0.29) is 24.8 Å². The summed E-state index contributed by atoms with van der Waals surface area (Å²) >= 11 is -0.595. The highest BCUT2D eigenvalue weighted by Gasteiger charge is 2.15. The van der Waals surface area contributed by atoms with Crippen LogP contribution in [0, 0.1) is 0 Å². The van der Waals surface area contributed by atoms with Crippen molar-refractivity contribution in [3.8, 4) is 0 Å². The first-order valence-corrected chi connectivity index (χ1v) is 5.45. The molecule has 9 heavy (non-hydrogen) atoms. The van der Waals surface area contributed by atoms with Crippen LogP contribution < -0.4 is 0 Å². The van der Waals surface area contributed by atoms with Crippen molar-refractivity contribution in [2.75, 3.05) is 6.61 Å². The molecule has 56 valence electrons. The summed E-state index contributed by atoms with van der Waals surface area (Å²) < 4.78 is 5.42. The third-order valence-corrected chi connectivity index (χ3v) is 3.43. The van der Waals surface area contributed by atoms with Crippen molar-refractivity contribution in [2.24, 2.45) is 0 Å². The Morgan fingerprint density at radius 3 is 2.11 bits per heavy atom. The van der Waals surface area contributed by atoms with Crippen LogP contribution in [0.3, 0.4) is 0 Å². The van der Waals surface area contributed by atoms with E-state index >= 15 is 0 Å². The Kier molecular flexibility index (Phi) is 10.2. The van der Waals surface area contributed by atoms with Gasteiger partial charge in [-0.15, -0.1) is 24.8 Å². The van der Waals surface area contributed by atoms with E-state index in [0.717, 1.165) is 6.61 Å². The summed E-state index contributed by atoms with van der Waals surface area (Å²) in [6, 6.07) is 0. The van der Waals surface area contributed by atoms with Crippen LogP contribution in [0.5, 0.6) is 0 Å². The van der Waals surface area contributed by atoms with Gasteiger partial charge in [-0.05, 0) is 6.42 Å². The van der Waals surface area contributed by atoms with Crippen molar-refractivity contribution in [1.29, 1.82) is 0 Å². The van der Waals surface area contributed by atoms with Crippen molar-refractivity contribution in [3.63, 3.8) is 0 Å². The molecule has 0 aromatic rings. The molecule has 1 fully saturated rings. The lowest BCUT2D eigenvalue weighted by molar-refractivity contribution is 0.291. The molecule has 0 spiro atoms. The van der Waals surface area contributed by atoms with Gasteiger partial charge in [0.25, 0.3) is 0 Å². The molecule has 1 nitrogen and oxygen atoms in total. The van der Waals surface area contributed by atoms with Crippen molar-refractivity contribution in [2.45, 2.75) is 23.9 Å². The topological polar surface area (TPSA) is 9.23 Å². The zero-order valence-corrected chi connectivity index (χ0v) is 8.42. The average Bonchev–Trinajstić information content (AvgIpc) is 1.69. The van der Waals surface area contributed by atoms with Gasteiger partial charge in [0.1, 0.15) is 0 Å². The molecule has 1 aliphatic rings. The predicted octanol–water partition coefficient (Wildman–Crippen LogP) is 2.26. The summed E-state index contributed by atoms with van der Waals surface area (Å²) in [5.41, 5.74) is 0. The van der Waals surface area contributed by atoms with E-state index in [1.807, 2.05) is 0 Å². The largest absolute Gasteiger partial charge is 0.501 e. The standard InChI is InChI=1S/C4H8O.CH3.Al.2ClH/c1-2-3-4-5;;;;/h1-4H2;1H3;;2*1H/q-1;;+1;;. The maximum Gasteiger partial charge on any atom is 0.457 e. The van der Waals surface area contributed by atoms with Gasteiger partial charge < -0.3 is 3.79 Å². The van der Waals surface area contributed by atoms with Crippen LogP contribution >= 0.6 is 24.8 Å². The molecule has 0 aliphatic carbocycles. The number of halogens is 2. The van der Waals surface area contributed by atoms with E-state index in [4.69, 9.17) is 3.79 Å². The van der Waals surface area contributed by atoms with Gasteiger partial charge in [0.2, 0.25) is 0 Å². The Morgan fingerprint density at radius 2 is 1.89 bits per heavy atom. The van der Waals surface area contributed by atoms with Crippen LogP contribution in [0.1, 0.15) is 12.8 Å². The van der Waals surface area contributed by atoms with Gasteiger partial charge in [-0.1, -0.05) is 17.5 Å². The smallest absolute Gasteiger partial charge is 0.457 e. The number of hydrogen-bond donors (Lipinski definition) is 0. The molecule has 0 unspecified atom stereocenters. The molecule has 0 bridgehead atoms. The molecule has 0 aromatic carbocycles. The van der Waals surface area contributed by atoms with Crippen LogP contribution in [-0.4, -0.2) is 21.1 Å². The second-order valence-electron chi connectivity index (χ2n) is 2.18. The third-order valence-electron chi connectivity index (χ3n) is 1.41. The van der Waals surface area contributed by atoms with Crippen LogP contribution in [0.25, 0.3) is 0 Å². The molecule has 0 saturated carbocycles. The first kappa shape index (κ1) is 12.7. The van der Waals surface area contributed by atoms with Crippen molar-refractivity contribution < 1.29 is 3.79 Å². The predicted molar refractivity (Wildman–Crippen MR) is 46.1 cm³/mol. The van der Waals surface area contributed by atoms with Crippen LogP contribution in [0.4, 0.5) is 0 Å². The van der Waals surface area contributed by atoms with Gasteiger partial charge in [0.15, 0.2) is 0 Å². The van der Waals surface area contributed by atoms with Gasteiger partial charge in [0, 0.05) is 6.61 Å². The Balaban J connectivity index is 0. The zero-order chi connectivity index (χ0) is 5.11. The molecule has 1 aliphatic heterocycles. The highest BCUT2D eigenvalue weighted by molar-refractivity contribution is 6.50. The van der Waals surface area contributed by atoms with Crippen molar-refractivity contribution >= 4 is 39.3 Å². The molecule has 0 radical (unpaired) electrons. The van der Waals surface area contributed by atoms with Gasteiger partial charge >= 0.3 is 14.5 Å². The Labute approximate surface area is 73.7 Å². The quantitative estimate of drug-likeness (QED) is 0.528. The van der Waals surface area contributed by atoms with Gasteiger partial charge in [-0.25, -0.2) is 0 Å². The van der Waals surface area contributed by atoms with Crippen LogP contribution in [0.2, 0.25) is 11.1 Å². The minimum absolute atomic E-state index is 0. The fraction of sp³-hybridized carbons (Fsp3) is 1.00. The average molecular weight is 187 g/mol. The molecular formula is C5H13AlCl2O. The lowest BCUT2D eigenvalue weighted by atomic mass is 10.4. The lowest BCUT2D eigenvalue weighted by Gasteiger charge is -2.13. The molecule has 0 amide bonds. The molecular weight excluding hydrogens is 174 g/mol. The molecule has 1 saturated heterocycles. The van der Waals surface area contributed by atoms with E-state index < -0.39 is 14.5 Å². The Bertz CT molecular complexity index is 56.9. The van der Waals surface area contributed by atoms with E-state index in [9.17, 15) is 0 Å². The maximum atomic E-state index is 5.42. The first-order chi connectivity index (χ1) is 3.39. The van der Waals surface area contributed by atoms with E-state index in [1.165, 1.54) is 18.1 Å². The molecule has 0 atom stereocenters. The Morgan fingerprint density at radius 1 is 1.22 bits per heavy atom. The highest BCUT2D eigenvalue weighted by Crippen LogP contribution is 2.09. The summed E-state index contributed by atoms with van der Waals surface area (Å²) in [4.78, 5) is 0. The zero-order valence-electron chi connectivity index (χ0n) is 5.63.